The van der Waals surface area contributed by atoms with Crippen molar-refractivity contribution in [3.8, 4) is 0 Å². The van der Waals surface area contributed by atoms with Crippen LogP contribution in [-0.2, 0) is 11.8 Å². The Hall–Kier alpha value is -1.47. The zero-order valence-electron chi connectivity index (χ0n) is 15.7. The van der Waals surface area contributed by atoms with Crippen molar-refractivity contribution in [2.45, 2.75) is 13.0 Å². The van der Waals surface area contributed by atoms with Gasteiger partial charge in [-0.2, -0.15) is 5.10 Å². The third-order valence-electron chi connectivity index (χ3n) is 4.70. The second-order valence-corrected chi connectivity index (χ2v) is 6.85. The number of aryl methyl sites for hydroxylation is 2. The summed E-state index contributed by atoms with van der Waals surface area (Å²) in [6.45, 7) is 5.09. The monoisotopic (exact) mass is 433 g/mol. The number of benzene rings is 1. The quantitative estimate of drug-likeness (QED) is 0.804. The Balaban J connectivity index is 0.00000182. The van der Waals surface area contributed by atoms with Crippen molar-refractivity contribution >= 4 is 48.0 Å². The molecule has 0 bridgehead atoms. The molecule has 9 heteroatoms. The summed E-state index contributed by atoms with van der Waals surface area (Å²) in [7, 11) is 3.66. The van der Waals surface area contributed by atoms with Gasteiger partial charge in [-0.3, -0.25) is 9.48 Å². The molecule has 1 aliphatic heterocycles. The molecular weight excluding hydrogens is 409 g/mol. The lowest BCUT2D eigenvalue weighted by Gasteiger charge is -2.38. The van der Waals surface area contributed by atoms with Gasteiger partial charge in [0.05, 0.1) is 6.20 Å². The average Bonchev–Trinajstić information content (AvgIpc) is 3.04. The molecule has 1 atom stereocenters. The zero-order chi connectivity index (χ0) is 18.0. The molecule has 1 saturated heterocycles. The number of amides is 1. The van der Waals surface area contributed by atoms with Crippen molar-refractivity contribution in [1.82, 2.24) is 20.0 Å². The summed E-state index contributed by atoms with van der Waals surface area (Å²) in [6.07, 6.45) is 3.62. The van der Waals surface area contributed by atoms with Gasteiger partial charge in [-0.1, -0.05) is 17.7 Å². The molecule has 3 rings (SSSR count). The van der Waals surface area contributed by atoms with Crippen molar-refractivity contribution < 1.29 is 4.79 Å². The number of carbonyl (C=O) groups is 1. The van der Waals surface area contributed by atoms with Crippen LogP contribution in [0.4, 0.5) is 5.69 Å². The smallest absolute Gasteiger partial charge is 0.244 e. The standard InChI is InChI=1S/C18H24ClN5O.2ClH/c1-13-4-5-15(19)10-16(13)23-6-8-24(9-7-23)18(25)17(20-2)14-11-21-22(3)12-14;;/h4-5,10-12,17,20H,6-9H2,1-3H3;2*1H. The van der Waals surface area contributed by atoms with Gasteiger partial charge in [0, 0.05) is 55.7 Å². The summed E-state index contributed by atoms with van der Waals surface area (Å²) in [5.41, 5.74) is 3.24. The number of likely N-dealkylation sites (N-methyl/N-ethyl adjacent to an activating group) is 1. The van der Waals surface area contributed by atoms with Gasteiger partial charge in [-0.05, 0) is 31.7 Å². The molecule has 2 heterocycles. The maximum atomic E-state index is 12.9. The largest absolute Gasteiger partial charge is 0.368 e. The van der Waals surface area contributed by atoms with Crippen molar-refractivity contribution in [2.75, 3.05) is 38.1 Å². The van der Waals surface area contributed by atoms with E-state index >= 15 is 0 Å². The fourth-order valence-corrected chi connectivity index (χ4v) is 3.46. The van der Waals surface area contributed by atoms with E-state index in [0.717, 1.165) is 29.4 Å². The highest BCUT2D eigenvalue weighted by atomic mass is 35.5. The fraction of sp³-hybridized carbons (Fsp3) is 0.444. The Morgan fingerprint density at radius 1 is 1.22 bits per heavy atom. The number of hydrogen-bond donors (Lipinski definition) is 1. The van der Waals surface area contributed by atoms with Crippen LogP contribution in [0.25, 0.3) is 0 Å². The summed E-state index contributed by atoms with van der Waals surface area (Å²) in [6, 6.07) is 5.59. The van der Waals surface area contributed by atoms with Crippen LogP contribution in [0.1, 0.15) is 17.2 Å². The molecule has 1 N–H and O–H groups in total. The van der Waals surface area contributed by atoms with Gasteiger partial charge < -0.3 is 15.1 Å². The van der Waals surface area contributed by atoms with Crippen LogP contribution in [0.15, 0.2) is 30.6 Å². The van der Waals surface area contributed by atoms with E-state index in [1.54, 1.807) is 17.9 Å². The third kappa shape index (κ3) is 5.29. The first-order valence-corrected chi connectivity index (χ1v) is 8.83. The van der Waals surface area contributed by atoms with Gasteiger partial charge >= 0.3 is 0 Å². The highest BCUT2D eigenvalue weighted by Crippen LogP contribution is 2.26. The minimum absolute atomic E-state index is 0. The summed E-state index contributed by atoms with van der Waals surface area (Å²) in [5, 5.41) is 8.02. The molecule has 1 aromatic carbocycles. The van der Waals surface area contributed by atoms with Crippen LogP contribution in [0.2, 0.25) is 5.02 Å². The molecule has 1 aromatic heterocycles. The second kappa shape index (κ2) is 10.2. The summed E-state index contributed by atoms with van der Waals surface area (Å²) < 4.78 is 1.72. The van der Waals surface area contributed by atoms with Crippen LogP contribution in [-0.4, -0.2) is 53.8 Å². The van der Waals surface area contributed by atoms with Crippen LogP contribution < -0.4 is 10.2 Å². The Kier molecular flexibility index (Phi) is 8.88. The summed E-state index contributed by atoms with van der Waals surface area (Å²) >= 11 is 6.14. The number of nitrogens with zero attached hydrogens (tertiary/aromatic N) is 4. The first kappa shape index (κ1) is 23.6. The number of rotatable bonds is 4. The van der Waals surface area contributed by atoms with Gasteiger partial charge in [-0.15, -0.1) is 24.8 Å². The molecule has 6 nitrogen and oxygen atoms in total. The van der Waals surface area contributed by atoms with Crippen molar-refractivity contribution in [2.24, 2.45) is 7.05 Å². The van der Waals surface area contributed by atoms with Crippen LogP contribution in [0, 0.1) is 6.92 Å². The van der Waals surface area contributed by atoms with Crippen LogP contribution in [0.3, 0.4) is 0 Å². The fourth-order valence-electron chi connectivity index (χ4n) is 3.30. The van der Waals surface area contributed by atoms with E-state index in [2.05, 4.69) is 22.2 Å². The number of aromatic nitrogens is 2. The molecule has 0 spiro atoms. The first-order valence-electron chi connectivity index (χ1n) is 8.45. The number of piperazine rings is 1. The highest BCUT2D eigenvalue weighted by Gasteiger charge is 2.28. The predicted octanol–water partition coefficient (Wildman–Crippen LogP) is 2.83. The van der Waals surface area contributed by atoms with Crippen LogP contribution in [0.5, 0.6) is 0 Å². The van der Waals surface area contributed by atoms with Crippen LogP contribution >= 0.6 is 36.4 Å². The Labute approximate surface area is 177 Å². The molecule has 0 radical (unpaired) electrons. The van der Waals surface area contributed by atoms with E-state index < -0.39 is 0 Å². The highest BCUT2D eigenvalue weighted by molar-refractivity contribution is 6.30. The number of halogens is 3. The molecule has 150 valence electrons. The summed E-state index contributed by atoms with van der Waals surface area (Å²) in [5.74, 6) is 0.0953. The van der Waals surface area contributed by atoms with E-state index in [9.17, 15) is 4.79 Å². The first-order chi connectivity index (χ1) is 12.0. The van der Waals surface area contributed by atoms with Gasteiger partial charge in [0.15, 0.2) is 0 Å². The molecule has 1 amide bonds. The number of hydrogen-bond acceptors (Lipinski definition) is 4. The molecule has 1 unspecified atom stereocenters. The topological polar surface area (TPSA) is 53.4 Å². The second-order valence-electron chi connectivity index (χ2n) is 6.41. The number of anilines is 1. The van der Waals surface area contributed by atoms with E-state index in [1.807, 2.05) is 36.3 Å². The SMILES string of the molecule is CNC(C(=O)N1CCN(c2cc(Cl)ccc2C)CC1)c1cnn(C)c1.Cl.Cl. The minimum atomic E-state index is -0.354. The lowest BCUT2D eigenvalue weighted by atomic mass is 10.1. The van der Waals surface area contributed by atoms with E-state index in [0.29, 0.717) is 13.1 Å². The lowest BCUT2D eigenvalue weighted by molar-refractivity contribution is -0.133. The number of nitrogens with one attached hydrogen (secondary N) is 1. The Morgan fingerprint density at radius 3 is 2.44 bits per heavy atom. The van der Waals surface area contributed by atoms with Gasteiger partial charge in [0.25, 0.3) is 0 Å². The summed E-state index contributed by atoms with van der Waals surface area (Å²) in [4.78, 5) is 17.1. The maximum Gasteiger partial charge on any atom is 0.244 e. The van der Waals surface area contributed by atoms with Gasteiger partial charge in [0.1, 0.15) is 6.04 Å². The lowest BCUT2D eigenvalue weighted by Crippen LogP contribution is -2.51. The zero-order valence-corrected chi connectivity index (χ0v) is 18.1. The van der Waals surface area contributed by atoms with Crippen molar-refractivity contribution in [3.05, 3.63) is 46.7 Å². The maximum absolute atomic E-state index is 12.9. The minimum Gasteiger partial charge on any atom is -0.368 e. The van der Waals surface area contributed by atoms with E-state index in [-0.39, 0.29) is 36.8 Å². The molecular formula is C18H26Cl3N5O. The van der Waals surface area contributed by atoms with Crippen molar-refractivity contribution in [3.63, 3.8) is 0 Å². The molecule has 0 aliphatic carbocycles. The number of carbonyl (C=O) groups excluding carboxylic acids is 1. The average molecular weight is 435 g/mol. The Morgan fingerprint density at radius 2 is 1.89 bits per heavy atom. The molecule has 1 aliphatic rings. The normalized spacial score (nSPS) is 15.0. The van der Waals surface area contributed by atoms with Crippen molar-refractivity contribution in [1.29, 1.82) is 0 Å². The molecule has 1 fully saturated rings. The predicted molar refractivity (Wildman–Crippen MR) is 114 cm³/mol. The third-order valence-corrected chi connectivity index (χ3v) is 4.93. The van der Waals surface area contributed by atoms with Gasteiger partial charge in [0.2, 0.25) is 5.91 Å². The Bertz CT molecular complexity index is 759. The van der Waals surface area contributed by atoms with E-state index in [4.69, 9.17) is 11.6 Å². The molecule has 27 heavy (non-hydrogen) atoms. The molecule has 0 saturated carbocycles. The van der Waals surface area contributed by atoms with E-state index in [1.165, 1.54) is 5.56 Å². The molecule has 2 aromatic rings. The van der Waals surface area contributed by atoms with Gasteiger partial charge in [-0.25, -0.2) is 0 Å².